The summed E-state index contributed by atoms with van der Waals surface area (Å²) in [7, 11) is 1.67. The van der Waals surface area contributed by atoms with Gasteiger partial charge in [-0.3, -0.25) is 4.79 Å². The van der Waals surface area contributed by atoms with Crippen LogP contribution in [0.4, 0.5) is 0 Å². The Morgan fingerprint density at radius 1 is 1.12 bits per heavy atom. The lowest BCUT2D eigenvalue weighted by Gasteiger charge is -2.31. The van der Waals surface area contributed by atoms with Crippen LogP contribution in [0.5, 0.6) is 5.75 Å². The highest BCUT2D eigenvalue weighted by molar-refractivity contribution is 5.95. The topological polar surface area (TPSA) is 68.5 Å². The summed E-state index contributed by atoms with van der Waals surface area (Å²) in [6.45, 7) is 1.31. The molecule has 0 bridgehead atoms. The predicted molar refractivity (Wildman–Crippen MR) is 122 cm³/mol. The molecule has 4 aromatic rings. The van der Waals surface area contributed by atoms with Gasteiger partial charge in [-0.2, -0.15) is 0 Å². The molecule has 5 rings (SSSR count). The average Bonchev–Trinajstić information content (AvgIpc) is 3.32. The number of oxazole rings is 1. The summed E-state index contributed by atoms with van der Waals surface area (Å²) in [5.41, 5.74) is 2.37. The number of methoxy groups -OCH3 is 1. The van der Waals surface area contributed by atoms with Gasteiger partial charge in [0.25, 0.3) is 5.91 Å². The van der Waals surface area contributed by atoms with Gasteiger partial charge in [-0.1, -0.05) is 42.5 Å². The third-order valence-electron chi connectivity index (χ3n) is 6.00. The van der Waals surface area contributed by atoms with E-state index in [1.54, 1.807) is 13.3 Å². The molecule has 32 heavy (non-hydrogen) atoms. The first kappa shape index (κ1) is 20.2. The number of fused-ring (bicyclic) bond motifs is 1. The van der Waals surface area contributed by atoms with Gasteiger partial charge in [0, 0.05) is 30.5 Å². The average molecular weight is 428 g/mol. The Bertz CT molecular complexity index is 1250. The van der Waals surface area contributed by atoms with Gasteiger partial charge in [0.15, 0.2) is 5.89 Å². The molecule has 3 heterocycles. The molecule has 0 spiro atoms. The zero-order chi connectivity index (χ0) is 21.9. The maximum absolute atomic E-state index is 13.1. The van der Waals surface area contributed by atoms with Crippen LogP contribution in [0.1, 0.15) is 46.5 Å². The van der Waals surface area contributed by atoms with Crippen LogP contribution in [0, 0.1) is 0 Å². The van der Waals surface area contributed by atoms with E-state index in [1.807, 2.05) is 65.6 Å². The fourth-order valence-corrected chi connectivity index (χ4v) is 4.34. The number of carbonyl (C=O) groups is 1. The van der Waals surface area contributed by atoms with Crippen molar-refractivity contribution in [2.75, 3.05) is 20.2 Å². The molecule has 1 saturated heterocycles. The van der Waals surface area contributed by atoms with Gasteiger partial charge in [0.1, 0.15) is 17.2 Å². The molecule has 6 nitrogen and oxygen atoms in total. The van der Waals surface area contributed by atoms with Crippen LogP contribution in [0.15, 0.2) is 71.3 Å². The molecule has 0 aliphatic carbocycles. The summed E-state index contributed by atoms with van der Waals surface area (Å²) in [6, 6.07) is 19.5. The number of pyridine rings is 1. The monoisotopic (exact) mass is 427 g/mol. The maximum atomic E-state index is 13.1. The highest BCUT2D eigenvalue weighted by Gasteiger charge is 2.29. The molecule has 2 aromatic heterocycles. The van der Waals surface area contributed by atoms with Gasteiger partial charge >= 0.3 is 0 Å². The van der Waals surface area contributed by atoms with Gasteiger partial charge in [-0.05, 0) is 31.0 Å². The second-order valence-electron chi connectivity index (χ2n) is 8.13. The van der Waals surface area contributed by atoms with E-state index in [0.29, 0.717) is 24.6 Å². The van der Waals surface area contributed by atoms with Gasteiger partial charge < -0.3 is 14.1 Å². The summed E-state index contributed by atoms with van der Waals surface area (Å²) in [5, 5.41) is 1.03. The summed E-state index contributed by atoms with van der Waals surface area (Å²) in [5.74, 6) is 2.37. The molecule has 1 fully saturated rings. The smallest absolute Gasteiger partial charge is 0.272 e. The first-order valence-electron chi connectivity index (χ1n) is 10.9. The van der Waals surface area contributed by atoms with Crippen LogP contribution in [0.3, 0.4) is 0 Å². The maximum Gasteiger partial charge on any atom is 0.272 e. The highest BCUT2D eigenvalue weighted by atomic mass is 16.5. The summed E-state index contributed by atoms with van der Waals surface area (Å²) >= 11 is 0. The Balaban J connectivity index is 1.30. The van der Waals surface area contributed by atoms with Crippen molar-refractivity contribution in [1.29, 1.82) is 0 Å². The number of hydrogen-bond acceptors (Lipinski definition) is 5. The summed E-state index contributed by atoms with van der Waals surface area (Å²) < 4.78 is 11.5. The molecular weight excluding hydrogens is 402 g/mol. The molecule has 2 aromatic carbocycles. The number of likely N-dealkylation sites (tertiary alicyclic amines) is 1. The molecule has 0 saturated carbocycles. The minimum atomic E-state index is -0.0405. The molecule has 1 amide bonds. The van der Waals surface area contributed by atoms with Crippen LogP contribution in [-0.4, -0.2) is 41.0 Å². The number of para-hydroxylation sites is 2. The Hall–Kier alpha value is -3.67. The number of amides is 1. The lowest BCUT2D eigenvalue weighted by molar-refractivity contribution is 0.0692. The van der Waals surface area contributed by atoms with Crippen LogP contribution < -0.4 is 4.74 Å². The molecule has 162 valence electrons. The Morgan fingerprint density at radius 2 is 1.97 bits per heavy atom. The van der Waals surface area contributed by atoms with E-state index < -0.39 is 0 Å². The van der Waals surface area contributed by atoms with Crippen molar-refractivity contribution in [1.82, 2.24) is 14.9 Å². The molecule has 1 atom stereocenters. The minimum Gasteiger partial charge on any atom is -0.496 e. The summed E-state index contributed by atoms with van der Waals surface area (Å²) in [4.78, 5) is 24.1. The van der Waals surface area contributed by atoms with Gasteiger partial charge in [0.05, 0.1) is 24.7 Å². The first-order chi connectivity index (χ1) is 15.7. The lowest BCUT2D eigenvalue weighted by atomic mass is 9.97. The van der Waals surface area contributed by atoms with E-state index in [1.165, 1.54) is 0 Å². The lowest BCUT2D eigenvalue weighted by Crippen LogP contribution is -2.39. The van der Waals surface area contributed by atoms with Crippen LogP contribution in [0.2, 0.25) is 0 Å². The normalized spacial score (nSPS) is 16.3. The van der Waals surface area contributed by atoms with Crippen molar-refractivity contribution >= 4 is 16.8 Å². The molecule has 0 unspecified atom stereocenters. The largest absolute Gasteiger partial charge is 0.496 e. The molecule has 6 heteroatoms. The van der Waals surface area contributed by atoms with Crippen molar-refractivity contribution < 1.29 is 13.9 Å². The van der Waals surface area contributed by atoms with E-state index in [4.69, 9.17) is 9.15 Å². The Labute approximate surface area is 186 Å². The van der Waals surface area contributed by atoms with E-state index >= 15 is 0 Å². The predicted octanol–water partition coefficient (Wildman–Crippen LogP) is 4.84. The number of benzene rings is 2. The molecule has 0 radical (unpaired) electrons. The third-order valence-corrected chi connectivity index (χ3v) is 6.00. The van der Waals surface area contributed by atoms with Crippen molar-refractivity contribution in [2.24, 2.45) is 0 Å². The number of piperidine rings is 1. The van der Waals surface area contributed by atoms with Crippen LogP contribution >= 0.6 is 0 Å². The fraction of sp³-hybridized carbons (Fsp3) is 0.269. The highest BCUT2D eigenvalue weighted by Crippen LogP contribution is 2.29. The van der Waals surface area contributed by atoms with E-state index in [0.717, 1.165) is 47.4 Å². The number of nitrogens with zero attached hydrogens (tertiary/aromatic N) is 3. The van der Waals surface area contributed by atoms with Crippen LogP contribution in [-0.2, 0) is 6.42 Å². The standard InChI is InChI=1S/C26H25N3O3/c1-31-24-11-5-3-8-19(24)15-21-16-27-25(32-21)20-9-6-14-29(17-20)26(30)23-13-12-18-7-2-4-10-22(18)28-23/h2-5,7-8,10-13,16,20H,6,9,14-15,17H2,1H3/t20-/m0/s1. The molecule has 1 aliphatic rings. The van der Waals surface area contributed by atoms with Gasteiger partial charge in [-0.15, -0.1) is 0 Å². The first-order valence-corrected chi connectivity index (χ1v) is 10.9. The zero-order valence-electron chi connectivity index (χ0n) is 18.0. The second kappa shape index (κ2) is 8.83. The fourth-order valence-electron chi connectivity index (χ4n) is 4.34. The molecule has 0 N–H and O–H groups in total. The van der Waals surface area contributed by atoms with Crippen molar-refractivity contribution in [3.63, 3.8) is 0 Å². The third kappa shape index (κ3) is 4.08. The zero-order valence-corrected chi connectivity index (χ0v) is 18.0. The number of aromatic nitrogens is 2. The van der Waals surface area contributed by atoms with Crippen molar-refractivity contribution in [2.45, 2.75) is 25.2 Å². The van der Waals surface area contributed by atoms with Crippen molar-refractivity contribution in [3.05, 3.63) is 89.8 Å². The number of rotatable bonds is 5. The van der Waals surface area contributed by atoms with Crippen molar-refractivity contribution in [3.8, 4) is 5.75 Å². The SMILES string of the molecule is COc1ccccc1Cc1cnc([C@H]2CCCN(C(=O)c3ccc4ccccc4n3)C2)o1. The number of hydrogen-bond donors (Lipinski definition) is 0. The number of carbonyl (C=O) groups excluding carboxylic acids is 1. The van der Waals surface area contributed by atoms with Gasteiger partial charge in [0.2, 0.25) is 0 Å². The van der Waals surface area contributed by atoms with E-state index in [-0.39, 0.29) is 11.8 Å². The Kier molecular flexibility index (Phi) is 5.58. The number of ether oxygens (including phenoxy) is 1. The second-order valence-corrected chi connectivity index (χ2v) is 8.13. The summed E-state index contributed by atoms with van der Waals surface area (Å²) in [6.07, 6.45) is 4.26. The Morgan fingerprint density at radius 3 is 2.88 bits per heavy atom. The van der Waals surface area contributed by atoms with Crippen LogP contribution in [0.25, 0.3) is 10.9 Å². The molecule has 1 aliphatic heterocycles. The van der Waals surface area contributed by atoms with Gasteiger partial charge in [-0.25, -0.2) is 9.97 Å². The molecular formula is C26H25N3O3. The quantitative estimate of drug-likeness (QED) is 0.456. The van der Waals surface area contributed by atoms with E-state index in [9.17, 15) is 4.79 Å². The van der Waals surface area contributed by atoms with E-state index in [2.05, 4.69) is 9.97 Å². The minimum absolute atomic E-state index is 0.0405.